The van der Waals surface area contributed by atoms with Crippen LogP contribution < -0.4 is 21.3 Å². The van der Waals surface area contributed by atoms with Gasteiger partial charge in [-0.15, -0.1) is 0 Å². The fourth-order valence-electron chi connectivity index (χ4n) is 5.10. The molecule has 4 aromatic rings. The summed E-state index contributed by atoms with van der Waals surface area (Å²) in [7, 11) is 0. The predicted molar refractivity (Wildman–Crippen MR) is 180 cm³/mol. The first-order valence-electron chi connectivity index (χ1n) is 16.0. The summed E-state index contributed by atoms with van der Waals surface area (Å²) < 4.78 is 0. The first kappa shape index (κ1) is 34.8. The molecular formula is C37H42N6O4. The van der Waals surface area contributed by atoms with Gasteiger partial charge in [0, 0.05) is 35.9 Å². The Bertz CT molecular complexity index is 1420. The fourth-order valence-corrected chi connectivity index (χ4v) is 5.10. The molecule has 0 bridgehead atoms. The Balaban J connectivity index is 1.18. The summed E-state index contributed by atoms with van der Waals surface area (Å²) in [5.41, 5.74) is 2.77. The second-order valence-electron chi connectivity index (χ2n) is 11.3. The van der Waals surface area contributed by atoms with E-state index in [1.54, 1.807) is 24.3 Å². The number of unbranched alkanes of at least 4 members (excludes halogenated alkanes) is 4. The van der Waals surface area contributed by atoms with Gasteiger partial charge in [0.05, 0.1) is 12.1 Å². The number of nitrogens with one attached hydrogen (secondary N) is 4. The van der Waals surface area contributed by atoms with Crippen LogP contribution in [0.15, 0.2) is 110 Å². The lowest BCUT2D eigenvalue weighted by molar-refractivity contribution is -0.123. The number of hydrogen-bond acceptors (Lipinski definition) is 8. The molecule has 0 radical (unpaired) electrons. The summed E-state index contributed by atoms with van der Waals surface area (Å²) >= 11 is 0. The van der Waals surface area contributed by atoms with Gasteiger partial charge in [0.2, 0.25) is 11.8 Å². The van der Waals surface area contributed by atoms with E-state index in [-0.39, 0.29) is 11.8 Å². The maximum absolute atomic E-state index is 13.1. The molecule has 4 N–H and O–H groups in total. The quantitative estimate of drug-likeness (QED) is 0.120. The third kappa shape index (κ3) is 12.3. The van der Waals surface area contributed by atoms with E-state index in [2.05, 4.69) is 31.2 Å². The molecule has 4 amide bonds. The molecule has 2 heterocycles. The number of rotatable bonds is 18. The van der Waals surface area contributed by atoms with E-state index in [1.807, 2.05) is 60.7 Å². The molecule has 10 nitrogen and oxygen atoms in total. The molecule has 0 aliphatic carbocycles. The second-order valence-corrected chi connectivity index (χ2v) is 11.3. The van der Waals surface area contributed by atoms with Gasteiger partial charge in [0.1, 0.15) is 0 Å². The number of carbonyl (C=O) groups excluding carboxylic acids is 4. The van der Waals surface area contributed by atoms with Crippen molar-refractivity contribution in [2.24, 2.45) is 0 Å². The van der Waals surface area contributed by atoms with Crippen LogP contribution in [0.4, 0.5) is 0 Å². The van der Waals surface area contributed by atoms with Gasteiger partial charge in [0.25, 0.3) is 11.8 Å². The lowest BCUT2D eigenvalue weighted by Gasteiger charge is -2.19. The van der Waals surface area contributed by atoms with Crippen molar-refractivity contribution in [3.05, 3.63) is 132 Å². The topological polar surface area (TPSA) is 142 Å². The van der Waals surface area contributed by atoms with E-state index in [4.69, 9.17) is 0 Å². The van der Waals surface area contributed by atoms with Crippen LogP contribution in [0, 0.1) is 0 Å². The number of amides is 4. The van der Waals surface area contributed by atoms with E-state index in [0.29, 0.717) is 37.1 Å². The Morgan fingerprint density at radius 3 is 1.23 bits per heavy atom. The van der Waals surface area contributed by atoms with Crippen molar-refractivity contribution < 1.29 is 19.2 Å². The molecule has 2 aromatic heterocycles. The van der Waals surface area contributed by atoms with Gasteiger partial charge in [-0.1, -0.05) is 79.9 Å². The van der Waals surface area contributed by atoms with Crippen LogP contribution in [-0.2, 0) is 22.4 Å². The largest absolute Gasteiger partial charge is 0.306 e. The molecule has 2 atom stereocenters. The van der Waals surface area contributed by atoms with Crippen LogP contribution >= 0.6 is 0 Å². The summed E-state index contributed by atoms with van der Waals surface area (Å²) in [4.78, 5) is 59.1. The molecule has 0 fully saturated rings. The normalized spacial score (nSPS) is 12.1. The highest BCUT2D eigenvalue weighted by Gasteiger charge is 2.22. The van der Waals surface area contributed by atoms with E-state index < -0.39 is 23.9 Å². The summed E-state index contributed by atoms with van der Waals surface area (Å²) in [5.74, 6) is -1.62. The lowest BCUT2D eigenvalue weighted by Crippen LogP contribution is -2.48. The van der Waals surface area contributed by atoms with Crippen molar-refractivity contribution in [3.8, 4) is 0 Å². The Hall–Kier alpha value is -5.06. The summed E-state index contributed by atoms with van der Waals surface area (Å²) in [6.07, 6.45) is 11.7. The molecule has 2 unspecified atom stereocenters. The number of pyridine rings is 2. The van der Waals surface area contributed by atoms with Gasteiger partial charge in [-0.05, 0) is 74.2 Å². The molecule has 47 heavy (non-hydrogen) atoms. The first-order valence-corrected chi connectivity index (χ1v) is 16.0. The van der Waals surface area contributed by atoms with Gasteiger partial charge in [-0.3, -0.25) is 39.8 Å². The minimum Gasteiger partial charge on any atom is -0.306 e. The Morgan fingerprint density at radius 1 is 0.489 bits per heavy atom. The molecule has 0 saturated carbocycles. The number of carbonyl (C=O) groups is 4. The number of benzene rings is 2. The van der Waals surface area contributed by atoms with E-state index in [1.165, 1.54) is 24.8 Å². The third-order valence-electron chi connectivity index (χ3n) is 7.69. The van der Waals surface area contributed by atoms with Crippen molar-refractivity contribution in [2.75, 3.05) is 13.1 Å². The van der Waals surface area contributed by atoms with Crippen LogP contribution in [0.3, 0.4) is 0 Å². The highest BCUT2D eigenvalue weighted by molar-refractivity contribution is 6.06. The van der Waals surface area contributed by atoms with E-state index in [0.717, 1.165) is 43.2 Å². The van der Waals surface area contributed by atoms with Gasteiger partial charge < -0.3 is 10.6 Å². The van der Waals surface area contributed by atoms with Gasteiger partial charge in [-0.25, -0.2) is 0 Å². The summed E-state index contributed by atoms with van der Waals surface area (Å²) in [6, 6.07) is 24.6. The van der Waals surface area contributed by atoms with Gasteiger partial charge in [0.15, 0.2) is 0 Å². The molecule has 2 aromatic carbocycles. The highest BCUT2D eigenvalue weighted by Crippen LogP contribution is 2.08. The Labute approximate surface area is 275 Å². The zero-order valence-corrected chi connectivity index (χ0v) is 26.4. The smallest absolute Gasteiger partial charge is 0.257 e. The van der Waals surface area contributed by atoms with Crippen LogP contribution in [0.5, 0.6) is 0 Å². The van der Waals surface area contributed by atoms with Crippen molar-refractivity contribution in [3.63, 3.8) is 0 Å². The average Bonchev–Trinajstić information content (AvgIpc) is 3.11. The molecule has 0 aliphatic heterocycles. The second kappa shape index (κ2) is 19.5. The van der Waals surface area contributed by atoms with Crippen LogP contribution in [0.25, 0.3) is 0 Å². The van der Waals surface area contributed by atoms with Crippen molar-refractivity contribution in [2.45, 2.75) is 57.0 Å². The zero-order valence-electron chi connectivity index (χ0n) is 26.4. The molecule has 4 rings (SSSR count). The molecule has 0 spiro atoms. The maximum atomic E-state index is 13.1. The zero-order chi connectivity index (χ0) is 33.1. The van der Waals surface area contributed by atoms with Crippen molar-refractivity contribution in [1.29, 1.82) is 0 Å². The standard InChI is InChI=1S/C37H42N6O4/c44-34(30-16-22-38-23-17-30)42-36(46)32(26-28-12-6-4-7-13-28)40-20-10-2-1-3-11-21-41-33(27-29-14-8-5-9-15-29)37(47)43-35(45)31-18-24-39-25-19-31/h4-9,12-19,22-25,32-33,40-41H,1-3,10-11,20-21,26-27H2,(H,42,44,46)(H,43,45,47). The van der Waals surface area contributed by atoms with E-state index >= 15 is 0 Å². The van der Waals surface area contributed by atoms with Crippen molar-refractivity contribution >= 4 is 23.6 Å². The maximum Gasteiger partial charge on any atom is 0.257 e. The minimum atomic E-state index is -0.550. The van der Waals surface area contributed by atoms with Crippen LogP contribution in [0.2, 0.25) is 0 Å². The number of aromatic nitrogens is 2. The molecule has 244 valence electrons. The number of imide groups is 2. The molecule has 10 heteroatoms. The molecule has 0 saturated heterocycles. The molecular weight excluding hydrogens is 592 g/mol. The SMILES string of the molecule is O=C(NC(=O)C(Cc1ccccc1)NCCCCCCCNC(Cc1ccccc1)C(=O)NC(=O)c1ccncc1)c1ccncc1. The monoisotopic (exact) mass is 634 g/mol. The number of hydrogen-bond donors (Lipinski definition) is 4. The summed E-state index contributed by atoms with van der Waals surface area (Å²) in [6.45, 7) is 1.27. The highest BCUT2D eigenvalue weighted by atomic mass is 16.2. The predicted octanol–water partition coefficient (Wildman–Crippen LogP) is 4.04. The summed E-state index contributed by atoms with van der Waals surface area (Å²) in [5, 5.41) is 11.7. The Kier molecular flexibility index (Phi) is 14.4. The van der Waals surface area contributed by atoms with Crippen molar-refractivity contribution in [1.82, 2.24) is 31.2 Å². The van der Waals surface area contributed by atoms with Gasteiger partial charge in [-0.2, -0.15) is 0 Å². The van der Waals surface area contributed by atoms with Gasteiger partial charge >= 0.3 is 0 Å². The minimum absolute atomic E-state index is 0.363. The average molecular weight is 635 g/mol. The lowest BCUT2D eigenvalue weighted by atomic mass is 10.0. The number of nitrogens with zero attached hydrogens (tertiary/aromatic N) is 2. The third-order valence-corrected chi connectivity index (χ3v) is 7.69. The fraction of sp³-hybridized carbons (Fsp3) is 0.297. The Morgan fingerprint density at radius 2 is 0.851 bits per heavy atom. The van der Waals surface area contributed by atoms with E-state index in [9.17, 15) is 19.2 Å². The van der Waals surface area contributed by atoms with Crippen LogP contribution in [-0.4, -0.2) is 58.8 Å². The molecule has 0 aliphatic rings. The first-order chi connectivity index (χ1) is 23.0. The van der Waals surface area contributed by atoms with Crippen LogP contribution in [0.1, 0.15) is 63.9 Å².